The number of pyridine rings is 1. The average Bonchev–Trinajstić information content (AvgIpc) is 2.99. The molecule has 4 aliphatic carbocycles. The van der Waals surface area contributed by atoms with Crippen molar-refractivity contribution in [3.05, 3.63) is 110 Å². The van der Waals surface area contributed by atoms with Gasteiger partial charge < -0.3 is 20.4 Å². The summed E-state index contributed by atoms with van der Waals surface area (Å²) in [5.74, 6) is 0.892. The fourth-order valence-corrected chi connectivity index (χ4v) is 8.43. The van der Waals surface area contributed by atoms with Crippen LogP contribution in [0.2, 0.25) is 5.02 Å². The van der Waals surface area contributed by atoms with Crippen molar-refractivity contribution in [2.45, 2.75) is 50.1 Å². The molecule has 9 heteroatoms. The normalized spacial score (nSPS) is 25.0. The molecule has 1 heterocycles. The molecule has 8 rings (SSSR count). The Hall–Kier alpha value is -3.65. The van der Waals surface area contributed by atoms with Gasteiger partial charge in [-0.2, -0.15) is 0 Å². The first kappa shape index (κ1) is 30.4. The van der Waals surface area contributed by atoms with Gasteiger partial charge in [-0.1, -0.05) is 41.9 Å². The molecule has 2 atom stereocenters. The van der Waals surface area contributed by atoms with E-state index in [0.717, 1.165) is 37.7 Å². The van der Waals surface area contributed by atoms with Gasteiger partial charge in [-0.25, -0.2) is 4.79 Å². The van der Waals surface area contributed by atoms with Crippen molar-refractivity contribution in [3.8, 4) is 5.69 Å². The van der Waals surface area contributed by atoms with Crippen LogP contribution >= 0.6 is 24.0 Å². The molecule has 2 unspecified atom stereocenters. The standard InChI is InChI=1S/C35H34ClN3O4.ClH/c1-43-34(42)31-28(32(40)27-12-11-25(36)16-29(27)39(31)26-5-3-2-4-6-26)15-20-7-9-22(10-8-20)33(41)38-30-23-13-21-14-24(30)19-35(37,17-21)18-23;/h2-12,16,21,23-24,30H,13-15,17-19,37H2,1H3,(H,38,41);1H. The zero-order valence-electron chi connectivity index (χ0n) is 24.4. The SMILES string of the molecule is COC(=O)c1c(Cc2ccc(C(=O)NC3C4CC5CC3CC(N)(C5)C4)cc2)c(=O)c2ccc(Cl)cc2n1-c1ccccc1.Cl. The Morgan fingerprint density at radius 2 is 1.68 bits per heavy atom. The van der Waals surface area contributed by atoms with E-state index in [4.69, 9.17) is 22.1 Å². The van der Waals surface area contributed by atoms with Crippen LogP contribution in [-0.4, -0.2) is 35.1 Å². The van der Waals surface area contributed by atoms with Gasteiger partial charge in [0.1, 0.15) is 5.69 Å². The Morgan fingerprint density at radius 3 is 2.32 bits per heavy atom. The molecule has 0 radical (unpaired) electrons. The first-order valence-electron chi connectivity index (χ1n) is 14.9. The summed E-state index contributed by atoms with van der Waals surface area (Å²) >= 11 is 6.34. The summed E-state index contributed by atoms with van der Waals surface area (Å²) in [6.07, 6.45) is 5.60. The maximum Gasteiger partial charge on any atom is 0.355 e. The third kappa shape index (κ3) is 5.31. The Balaban J connectivity index is 0.00000343. The predicted molar refractivity (Wildman–Crippen MR) is 174 cm³/mol. The number of fused-ring (bicyclic) bond motifs is 1. The van der Waals surface area contributed by atoms with Gasteiger partial charge in [0.15, 0.2) is 5.43 Å². The largest absolute Gasteiger partial charge is 0.464 e. The minimum absolute atomic E-state index is 0. The number of carbonyl (C=O) groups excluding carboxylic acids is 2. The van der Waals surface area contributed by atoms with Gasteiger partial charge in [0.25, 0.3) is 5.91 Å². The Kier molecular flexibility index (Phi) is 8.07. The van der Waals surface area contributed by atoms with Crippen molar-refractivity contribution >= 4 is 46.8 Å². The number of amides is 1. The molecule has 4 fully saturated rings. The molecule has 7 nitrogen and oxygen atoms in total. The molecule has 1 aromatic heterocycles. The highest BCUT2D eigenvalue weighted by Gasteiger charge is 2.54. The molecule has 3 aromatic carbocycles. The highest BCUT2D eigenvalue weighted by molar-refractivity contribution is 6.31. The number of carbonyl (C=O) groups is 2. The number of hydrogen-bond donors (Lipinski definition) is 2. The van der Waals surface area contributed by atoms with Gasteiger partial charge in [-0.3, -0.25) is 9.59 Å². The van der Waals surface area contributed by atoms with E-state index in [1.54, 1.807) is 34.9 Å². The summed E-state index contributed by atoms with van der Waals surface area (Å²) in [7, 11) is 1.30. The number of rotatable bonds is 6. The van der Waals surface area contributed by atoms with E-state index >= 15 is 0 Å². The van der Waals surface area contributed by atoms with Gasteiger partial charge in [0.05, 0.1) is 12.6 Å². The number of hydrogen-bond acceptors (Lipinski definition) is 5. The van der Waals surface area contributed by atoms with Crippen molar-refractivity contribution in [1.82, 2.24) is 9.88 Å². The zero-order chi connectivity index (χ0) is 29.9. The smallest absolute Gasteiger partial charge is 0.355 e. The van der Waals surface area contributed by atoms with Crippen LogP contribution in [0, 0.1) is 17.8 Å². The summed E-state index contributed by atoms with van der Waals surface area (Å²) in [5, 5.41) is 4.23. The highest BCUT2D eigenvalue weighted by Crippen LogP contribution is 2.54. The number of nitrogens with two attached hydrogens (primary N) is 1. The van der Waals surface area contributed by atoms with Crippen LogP contribution < -0.4 is 16.5 Å². The second kappa shape index (κ2) is 11.7. The van der Waals surface area contributed by atoms with Crippen LogP contribution in [0.5, 0.6) is 0 Å². The van der Waals surface area contributed by atoms with E-state index in [0.29, 0.717) is 50.5 Å². The predicted octanol–water partition coefficient (Wildman–Crippen LogP) is 6.08. The highest BCUT2D eigenvalue weighted by atomic mass is 35.5. The van der Waals surface area contributed by atoms with Gasteiger partial charge in [-0.15, -0.1) is 12.4 Å². The van der Waals surface area contributed by atoms with Crippen molar-refractivity contribution in [2.75, 3.05) is 7.11 Å². The Morgan fingerprint density at radius 1 is 1.00 bits per heavy atom. The number of aromatic nitrogens is 1. The Bertz CT molecular complexity index is 1790. The lowest BCUT2D eigenvalue weighted by atomic mass is 9.51. The molecule has 4 aromatic rings. The number of methoxy groups -OCH3 is 1. The maximum atomic E-state index is 13.9. The third-order valence-electron chi connectivity index (χ3n) is 9.84. The quantitative estimate of drug-likeness (QED) is 0.251. The monoisotopic (exact) mass is 631 g/mol. The first-order valence-corrected chi connectivity index (χ1v) is 15.3. The van der Waals surface area contributed by atoms with E-state index in [1.165, 1.54) is 7.11 Å². The van der Waals surface area contributed by atoms with Gasteiger partial charge >= 0.3 is 5.97 Å². The molecule has 0 saturated heterocycles. The zero-order valence-corrected chi connectivity index (χ0v) is 26.0. The van der Waals surface area contributed by atoms with Crippen molar-refractivity contribution < 1.29 is 14.3 Å². The van der Waals surface area contributed by atoms with E-state index in [9.17, 15) is 14.4 Å². The molecular weight excluding hydrogens is 597 g/mol. The fraction of sp³-hybridized carbons (Fsp3) is 0.343. The summed E-state index contributed by atoms with van der Waals surface area (Å²) in [5.41, 5.74) is 9.40. The molecule has 4 aliphatic rings. The molecule has 0 aliphatic heterocycles. The summed E-state index contributed by atoms with van der Waals surface area (Å²) < 4.78 is 6.93. The minimum Gasteiger partial charge on any atom is -0.464 e. The number of halogens is 2. The second-order valence-corrected chi connectivity index (χ2v) is 13.1. The average molecular weight is 633 g/mol. The number of para-hydroxylation sites is 1. The number of esters is 1. The first-order chi connectivity index (χ1) is 20.7. The topological polar surface area (TPSA) is 103 Å². The maximum absolute atomic E-state index is 13.9. The Labute approximate surface area is 267 Å². The molecule has 44 heavy (non-hydrogen) atoms. The number of benzene rings is 3. The van der Waals surface area contributed by atoms with Crippen LogP contribution in [0.15, 0.2) is 77.6 Å². The number of nitrogens with zero attached hydrogens (tertiary/aromatic N) is 1. The van der Waals surface area contributed by atoms with Crippen LogP contribution in [0.3, 0.4) is 0 Å². The van der Waals surface area contributed by atoms with Crippen molar-refractivity contribution in [1.29, 1.82) is 0 Å². The number of nitrogens with one attached hydrogen (secondary N) is 1. The molecular formula is C35H35Cl2N3O4. The van der Waals surface area contributed by atoms with E-state index < -0.39 is 5.97 Å². The molecule has 4 bridgehead atoms. The van der Waals surface area contributed by atoms with Gasteiger partial charge in [0, 0.05) is 45.2 Å². The second-order valence-electron chi connectivity index (χ2n) is 12.7. The fourth-order valence-electron chi connectivity index (χ4n) is 8.26. The molecule has 1 amide bonds. The molecule has 4 saturated carbocycles. The lowest BCUT2D eigenvalue weighted by Crippen LogP contribution is -2.64. The number of ether oxygens (including phenoxy) is 1. The summed E-state index contributed by atoms with van der Waals surface area (Å²) in [6, 6.07) is 21.8. The van der Waals surface area contributed by atoms with Crippen LogP contribution in [0.1, 0.15) is 64.1 Å². The summed E-state index contributed by atoms with van der Waals surface area (Å²) in [4.78, 5) is 40.5. The molecule has 228 valence electrons. The van der Waals surface area contributed by atoms with E-state index in [2.05, 4.69) is 5.32 Å². The molecule has 0 spiro atoms. The van der Waals surface area contributed by atoms with Crippen LogP contribution in [-0.2, 0) is 11.2 Å². The minimum atomic E-state index is -0.622. The van der Waals surface area contributed by atoms with E-state index in [1.807, 2.05) is 42.5 Å². The van der Waals surface area contributed by atoms with Gasteiger partial charge in [0.2, 0.25) is 0 Å². The van der Waals surface area contributed by atoms with Crippen molar-refractivity contribution in [3.63, 3.8) is 0 Å². The lowest BCUT2D eigenvalue weighted by Gasteiger charge is -2.58. The van der Waals surface area contributed by atoms with Gasteiger partial charge in [-0.05, 0) is 97.9 Å². The van der Waals surface area contributed by atoms with Crippen LogP contribution in [0.4, 0.5) is 0 Å². The molecule has 3 N–H and O–H groups in total. The van der Waals surface area contributed by atoms with E-state index in [-0.39, 0.29) is 47.4 Å². The van der Waals surface area contributed by atoms with Crippen LogP contribution in [0.25, 0.3) is 16.6 Å². The van der Waals surface area contributed by atoms with Crippen molar-refractivity contribution in [2.24, 2.45) is 23.5 Å². The lowest BCUT2D eigenvalue weighted by molar-refractivity contribution is -0.0278. The summed E-state index contributed by atoms with van der Waals surface area (Å²) in [6.45, 7) is 0. The third-order valence-corrected chi connectivity index (χ3v) is 10.1.